The summed E-state index contributed by atoms with van der Waals surface area (Å²) in [5.41, 5.74) is 1.94. The molecule has 1 aromatic carbocycles. The summed E-state index contributed by atoms with van der Waals surface area (Å²) in [7, 11) is 34.9. The Labute approximate surface area is 106 Å². The maximum Gasteiger partial charge on any atom is 0.113 e. The molecule has 0 aliphatic heterocycles. The van der Waals surface area contributed by atoms with Crippen LogP contribution in [0, 0.1) is 5.92 Å². The molecule has 0 aromatic heterocycles. The van der Waals surface area contributed by atoms with Crippen LogP contribution < -0.4 is 27.3 Å². The number of rotatable bonds is 2. The van der Waals surface area contributed by atoms with Gasteiger partial charge in [-0.1, -0.05) is 25.2 Å². The van der Waals surface area contributed by atoms with E-state index in [2.05, 4.69) is 0 Å². The predicted octanol–water partition coefficient (Wildman–Crippen LogP) is -3.48. The normalized spacial score (nSPS) is 12.9. The molecule has 0 spiro atoms. The van der Waals surface area contributed by atoms with Crippen molar-refractivity contribution in [1.29, 1.82) is 0 Å². The lowest BCUT2D eigenvalue weighted by atomic mass is 9.56. The Morgan fingerprint density at radius 2 is 1.00 bits per heavy atom. The van der Waals surface area contributed by atoms with Crippen LogP contribution in [0.5, 0.6) is 0 Å². The van der Waals surface area contributed by atoms with E-state index >= 15 is 0 Å². The smallest absolute Gasteiger partial charge is 0.112 e. The Morgan fingerprint density at radius 3 is 1.31 bits per heavy atom. The van der Waals surface area contributed by atoms with Crippen molar-refractivity contribution in [2.45, 2.75) is 19.7 Å². The second-order valence-corrected chi connectivity index (χ2v) is 4.25. The van der Waals surface area contributed by atoms with Crippen LogP contribution in [0.25, 0.3) is 0 Å². The van der Waals surface area contributed by atoms with Gasteiger partial charge in [-0.15, -0.1) is 27.3 Å². The van der Waals surface area contributed by atoms with Gasteiger partial charge < -0.3 is 0 Å². The first-order valence-corrected chi connectivity index (χ1v) is 5.05. The Balaban J connectivity index is 3.51. The molecule has 0 aliphatic rings. The summed E-state index contributed by atoms with van der Waals surface area (Å²) < 4.78 is 0. The lowest BCUT2D eigenvalue weighted by Crippen LogP contribution is -2.57. The minimum atomic E-state index is -0.315. The van der Waals surface area contributed by atoms with Gasteiger partial charge in [-0.25, -0.2) is 0 Å². The van der Waals surface area contributed by atoms with Gasteiger partial charge in [-0.2, -0.15) is 0 Å². The Bertz CT molecular complexity index is 383. The van der Waals surface area contributed by atoms with Gasteiger partial charge in [0.05, 0.1) is 7.85 Å². The monoisotopic (exact) mass is 194 g/mol. The van der Waals surface area contributed by atoms with E-state index in [9.17, 15) is 0 Å². The minimum Gasteiger partial charge on any atom is -0.112 e. The fourth-order valence-corrected chi connectivity index (χ4v) is 1.56. The number of benzene rings is 1. The van der Waals surface area contributed by atoms with Crippen LogP contribution in [0.4, 0.5) is 0 Å². The molecule has 0 saturated carbocycles. The van der Waals surface area contributed by atoms with Gasteiger partial charge in [0.25, 0.3) is 0 Å². The molecule has 0 amide bonds. The zero-order valence-electron chi connectivity index (χ0n) is 9.62. The summed E-state index contributed by atoms with van der Waals surface area (Å²) in [5, 5.41) is 0. The van der Waals surface area contributed by atoms with Gasteiger partial charge in [0.1, 0.15) is 39.2 Å². The van der Waals surface area contributed by atoms with Crippen molar-refractivity contribution in [3.05, 3.63) is 5.56 Å². The summed E-state index contributed by atoms with van der Waals surface area (Å²) in [4.78, 5) is 0. The molecule has 0 heterocycles. The van der Waals surface area contributed by atoms with Gasteiger partial charge >= 0.3 is 0 Å². The van der Waals surface area contributed by atoms with Crippen LogP contribution in [0.1, 0.15) is 25.2 Å². The van der Waals surface area contributed by atoms with E-state index in [1.54, 1.807) is 0 Å². The fourth-order valence-electron chi connectivity index (χ4n) is 1.56. The van der Waals surface area contributed by atoms with E-state index in [-0.39, 0.29) is 28.1 Å². The van der Waals surface area contributed by atoms with Gasteiger partial charge in [0, 0.05) is 0 Å². The third-order valence-electron chi connectivity index (χ3n) is 2.79. The average molecular weight is 193 g/mol. The van der Waals surface area contributed by atoms with Crippen molar-refractivity contribution in [2.24, 2.45) is 5.92 Å². The maximum atomic E-state index is 6.02. The van der Waals surface area contributed by atoms with Crippen molar-refractivity contribution in [2.75, 3.05) is 0 Å². The summed E-state index contributed by atoms with van der Waals surface area (Å²) in [6, 6.07) is 0. The Morgan fingerprint density at radius 1 is 0.688 bits per heavy atom. The number of hydrogen-bond acceptors (Lipinski definition) is 0. The molecule has 1 unspecified atom stereocenters. The first-order valence-electron chi connectivity index (χ1n) is 5.05. The lowest BCUT2D eigenvalue weighted by Gasteiger charge is -2.27. The lowest BCUT2D eigenvalue weighted by molar-refractivity contribution is 0.627. The molecule has 0 fully saturated rings. The Kier molecular flexibility index (Phi) is 4.15. The molecule has 16 heavy (non-hydrogen) atoms. The van der Waals surface area contributed by atoms with Crippen molar-refractivity contribution in [3.8, 4) is 0 Å². The molecule has 0 bridgehead atoms. The zero-order chi connectivity index (χ0) is 12.6. The van der Waals surface area contributed by atoms with E-state index in [1.165, 1.54) is 0 Å². The van der Waals surface area contributed by atoms with Gasteiger partial charge in [0.2, 0.25) is 0 Å². The molecule has 1 aromatic rings. The molecule has 0 nitrogen and oxygen atoms in total. The quantitative estimate of drug-likeness (QED) is 0.428. The second kappa shape index (κ2) is 4.85. The van der Waals surface area contributed by atoms with E-state index in [4.69, 9.17) is 47.1 Å². The van der Waals surface area contributed by atoms with Crippen LogP contribution in [-0.2, 0) is 0 Å². The largest absolute Gasteiger partial charge is 0.113 e. The summed E-state index contributed by atoms with van der Waals surface area (Å²) in [5.74, 6) is -0.141. The molecule has 0 N–H and O–H groups in total. The summed E-state index contributed by atoms with van der Waals surface area (Å²) in [6.07, 6.45) is 0. The molecule has 66 valence electrons. The minimum absolute atomic E-state index is 0.173. The molecule has 1 atom stereocenters. The van der Waals surface area contributed by atoms with Crippen molar-refractivity contribution < 1.29 is 0 Å². The predicted molar refractivity (Wildman–Crippen MR) is 76.7 cm³/mol. The molecule has 1 rings (SSSR count). The van der Waals surface area contributed by atoms with E-state index < -0.39 is 0 Å². The van der Waals surface area contributed by atoms with Crippen molar-refractivity contribution >= 4 is 74.4 Å². The van der Waals surface area contributed by atoms with Crippen molar-refractivity contribution in [1.82, 2.24) is 0 Å². The van der Waals surface area contributed by atoms with Crippen LogP contribution >= 0.6 is 0 Å². The molecule has 12 radical (unpaired) electrons. The van der Waals surface area contributed by atoms with Crippen LogP contribution in [-0.4, -0.2) is 47.1 Å². The number of hydrogen-bond donors (Lipinski definition) is 0. The van der Waals surface area contributed by atoms with Crippen molar-refractivity contribution in [3.63, 3.8) is 0 Å². The average Bonchev–Trinajstić information content (AvgIpc) is 2.23. The Hall–Kier alpha value is -0.390. The van der Waals surface area contributed by atoms with E-state index in [1.807, 2.05) is 13.8 Å². The topological polar surface area (TPSA) is 0 Å². The molecular weight excluding hydrogens is 185 g/mol. The SMILES string of the molecule is [B]c1c([B])c([B])c(C([B])C(C)C)c([B])c1[B]. The third kappa shape index (κ3) is 2.17. The molecular formula is C10H8B6. The van der Waals surface area contributed by atoms with Crippen LogP contribution in [0.15, 0.2) is 0 Å². The molecule has 0 aliphatic carbocycles. The molecule has 0 saturated heterocycles. The first-order chi connectivity index (χ1) is 7.29. The van der Waals surface area contributed by atoms with E-state index in [0.29, 0.717) is 16.5 Å². The summed E-state index contributed by atoms with van der Waals surface area (Å²) >= 11 is 0. The van der Waals surface area contributed by atoms with Gasteiger partial charge in [-0.3, -0.25) is 0 Å². The van der Waals surface area contributed by atoms with Crippen LogP contribution in [0.3, 0.4) is 0 Å². The third-order valence-corrected chi connectivity index (χ3v) is 2.79. The highest BCUT2D eigenvalue weighted by atomic mass is 14.1. The second-order valence-electron chi connectivity index (χ2n) is 4.25. The molecule has 6 heteroatoms. The van der Waals surface area contributed by atoms with Crippen LogP contribution in [0.2, 0.25) is 0 Å². The summed E-state index contributed by atoms with van der Waals surface area (Å²) in [6.45, 7) is 3.93. The highest BCUT2D eigenvalue weighted by Gasteiger charge is 2.17. The fraction of sp³-hybridized carbons (Fsp3) is 0.400. The maximum absolute atomic E-state index is 6.02. The highest BCUT2D eigenvalue weighted by Crippen LogP contribution is 2.15. The van der Waals surface area contributed by atoms with E-state index in [0.717, 1.165) is 0 Å². The van der Waals surface area contributed by atoms with Gasteiger partial charge in [0.15, 0.2) is 0 Å². The highest BCUT2D eigenvalue weighted by molar-refractivity contribution is 6.67. The first kappa shape index (κ1) is 13.7. The standard InChI is InChI=1S/C10H8B6/c1-3(2)5(11)4-6(12)8(14)10(16)9(15)7(4)13/h3,5H,1-2H3. The van der Waals surface area contributed by atoms with Gasteiger partial charge in [-0.05, 0) is 5.92 Å². The zero-order valence-corrected chi connectivity index (χ0v) is 9.62.